The van der Waals surface area contributed by atoms with Crippen molar-refractivity contribution in [2.24, 2.45) is 0 Å². The lowest BCUT2D eigenvalue weighted by atomic mass is 10.1. The highest BCUT2D eigenvalue weighted by Gasteiger charge is 2.19. The van der Waals surface area contributed by atoms with E-state index in [0.29, 0.717) is 11.8 Å². The summed E-state index contributed by atoms with van der Waals surface area (Å²) in [7, 11) is 0. The molecular formula is C14H21ClN2O. The van der Waals surface area contributed by atoms with Gasteiger partial charge in [-0.25, -0.2) is 4.98 Å². The molecule has 0 aromatic carbocycles. The summed E-state index contributed by atoms with van der Waals surface area (Å²) >= 11 is 5.97. The van der Waals surface area contributed by atoms with E-state index in [9.17, 15) is 0 Å². The Bertz CT molecular complexity index is 409. The van der Waals surface area contributed by atoms with E-state index in [1.54, 1.807) is 0 Å². The van der Waals surface area contributed by atoms with Crippen molar-refractivity contribution in [3.05, 3.63) is 23.4 Å². The summed E-state index contributed by atoms with van der Waals surface area (Å²) in [6.45, 7) is 8.99. The predicted octanol–water partition coefficient (Wildman–Crippen LogP) is 3.17. The molecule has 2 heterocycles. The Morgan fingerprint density at radius 3 is 2.89 bits per heavy atom. The maximum atomic E-state index is 5.97. The average Bonchev–Trinajstić information content (AvgIpc) is 2.38. The molecule has 1 saturated heterocycles. The Kier molecular flexibility index (Phi) is 4.46. The van der Waals surface area contributed by atoms with Crippen LogP contribution in [0.1, 0.15) is 37.9 Å². The Balaban J connectivity index is 2.28. The van der Waals surface area contributed by atoms with Crippen molar-refractivity contribution in [1.82, 2.24) is 4.98 Å². The number of halogens is 1. The van der Waals surface area contributed by atoms with Gasteiger partial charge in [-0.2, -0.15) is 0 Å². The summed E-state index contributed by atoms with van der Waals surface area (Å²) < 4.78 is 5.57. The molecular weight excluding hydrogens is 248 g/mol. The number of hydrogen-bond acceptors (Lipinski definition) is 3. The molecule has 0 radical (unpaired) electrons. The second kappa shape index (κ2) is 5.89. The monoisotopic (exact) mass is 268 g/mol. The SMILES string of the molecule is CC1CN(c2cc(CCl)cc(C(C)C)n2)CCO1. The lowest BCUT2D eigenvalue weighted by Crippen LogP contribution is -2.41. The largest absolute Gasteiger partial charge is 0.375 e. The molecule has 0 amide bonds. The first-order valence-electron chi connectivity index (χ1n) is 6.53. The van der Waals surface area contributed by atoms with Gasteiger partial charge >= 0.3 is 0 Å². The smallest absolute Gasteiger partial charge is 0.129 e. The van der Waals surface area contributed by atoms with Gasteiger partial charge in [0.05, 0.1) is 12.7 Å². The number of hydrogen-bond donors (Lipinski definition) is 0. The predicted molar refractivity (Wildman–Crippen MR) is 75.5 cm³/mol. The van der Waals surface area contributed by atoms with Crippen LogP contribution < -0.4 is 4.90 Å². The third-order valence-electron chi connectivity index (χ3n) is 3.20. The maximum absolute atomic E-state index is 5.97. The van der Waals surface area contributed by atoms with Gasteiger partial charge in [0.2, 0.25) is 0 Å². The van der Waals surface area contributed by atoms with Crippen molar-refractivity contribution < 1.29 is 4.74 Å². The first-order chi connectivity index (χ1) is 8.60. The summed E-state index contributed by atoms with van der Waals surface area (Å²) in [5.41, 5.74) is 2.26. The van der Waals surface area contributed by atoms with Crippen molar-refractivity contribution in [3.8, 4) is 0 Å². The molecule has 0 saturated carbocycles. The van der Waals surface area contributed by atoms with Crippen LogP contribution in [-0.4, -0.2) is 30.8 Å². The van der Waals surface area contributed by atoms with Crippen LogP contribution in [0.3, 0.4) is 0 Å². The molecule has 1 aliphatic rings. The van der Waals surface area contributed by atoms with Gasteiger partial charge in [0.25, 0.3) is 0 Å². The molecule has 1 unspecified atom stereocenters. The molecule has 2 rings (SSSR count). The van der Waals surface area contributed by atoms with E-state index in [-0.39, 0.29) is 6.10 Å². The van der Waals surface area contributed by atoms with E-state index in [4.69, 9.17) is 21.3 Å². The Morgan fingerprint density at radius 1 is 1.50 bits per heavy atom. The third kappa shape index (κ3) is 3.15. The van der Waals surface area contributed by atoms with E-state index in [2.05, 4.69) is 37.8 Å². The highest BCUT2D eigenvalue weighted by Crippen LogP contribution is 2.22. The number of rotatable bonds is 3. The first kappa shape index (κ1) is 13.6. The van der Waals surface area contributed by atoms with Gasteiger partial charge in [0.15, 0.2) is 0 Å². The molecule has 0 aliphatic carbocycles. The minimum absolute atomic E-state index is 0.266. The average molecular weight is 269 g/mol. The molecule has 4 heteroatoms. The molecule has 1 atom stereocenters. The van der Waals surface area contributed by atoms with Crippen molar-refractivity contribution in [2.45, 2.75) is 38.7 Å². The molecule has 0 spiro atoms. The van der Waals surface area contributed by atoms with Crippen LogP contribution >= 0.6 is 11.6 Å². The van der Waals surface area contributed by atoms with Crippen molar-refractivity contribution in [1.29, 1.82) is 0 Å². The van der Waals surface area contributed by atoms with Crippen LogP contribution in [0.5, 0.6) is 0 Å². The second-order valence-corrected chi connectivity index (χ2v) is 5.44. The van der Waals surface area contributed by atoms with Crippen LogP contribution in [0.4, 0.5) is 5.82 Å². The van der Waals surface area contributed by atoms with Crippen LogP contribution in [0, 0.1) is 0 Å². The summed E-state index contributed by atoms with van der Waals surface area (Å²) in [6, 6.07) is 4.20. The molecule has 1 aromatic heterocycles. The van der Waals surface area contributed by atoms with Crippen molar-refractivity contribution in [3.63, 3.8) is 0 Å². The third-order valence-corrected chi connectivity index (χ3v) is 3.51. The molecule has 18 heavy (non-hydrogen) atoms. The van der Waals surface area contributed by atoms with Crippen LogP contribution in [0.15, 0.2) is 12.1 Å². The zero-order valence-electron chi connectivity index (χ0n) is 11.3. The van der Waals surface area contributed by atoms with Crippen molar-refractivity contribution >= 4 is 17.4 Å². The normalized spacial score (nSPS) is 20.5. The van der Waals surface area contributed by atoms with Gasteiger partial charge in [-0.15, -0.1) is 11.6 Å². The van der Waals surface area contributed by atoms with Crippen LogP contribution in [-0.2, 0) is 10.6 Å². The number of anilines is 1. The van der Waals surface area contributed by atoms with E-state index >= 15 is 0 Å². The molecule has 3 nitrogen and oxygen atoms in total. The van der Waals surface area contributed by atoms with Crippen LogP contribution in [0.25, 0.3) is 0 Å². The Hall–Kier alpha value is -0.800. The number of pyridine rings is 1. The second-order valence-electron chi connectivity index (χ2n) is 5.17. The van der Waals surface area contributed by atoms with Gasteiger partial charge in [-0.05, 0) is 30.5 Å². The summed E-state index contributed by atoms with van der Waals surface area (Å²) in [4.78, 5) is 7.04. The van der Waals surface area contributed by atoms with E-state index in [0.717, 1.165) is 36.8 Å². The molecule has 1 fully saturated rings. The van der Waals surface area contributed by atoms with Gasteiger partial charge in [-0.1, -0.05) is 13.8 Å². The number of ether oxygens (including phenoxy) is 1. The zero-order valence-corrected chi connectivity index (χ0v) is 12.1. The number of alkyl halides is 1. The van der Waals surface area contributed by atoms with E-state index in [1.165, 1.54) is 0 Å². The highest BCUT2D eigenvalue weighted by atomic mass is 35.5. The number of morpholine rings is 1. The first-order valence-corrected chi connectivity index (χ1v) is 7.07. The maximum Gasteiger partial charge on any atom is 0.129 e. The highest BCUT2D eigenvalue weighted by molar-refractivity contribution is 6.17. The van der Waals surface area contributed by atoms with Gasteiger partial charge in [-0.3, -0.25) is 0 Å². The number of aromatic nitrogens is 1. The topological polar surface area (TPSA) is 25.4 Å². The fourth-order valence-electron chi connectivity index (χ4n) is 2.16. The van der Waals surface area contributed by atoms with Gasteiger partial charge in [0.1, 0.15) is 5.82 Å². The minimum atomic E-state index is 0.266. The van der Waals surface area contributed by atoms with E-state index < -0.39 is 0 Å². The van der Waals surface area contributed by atoms with E-state index in [1.807, 2.05) is 0 Å². The summed E-state index contributed by atoms with van der Waals surface area (Å²) in [5, 5.41) is 0. The number of nitrogens with zero attached hydrogens (tertiary/aromatic N) is 2. The fourth-order valence-corrected chi connectivity index (χ4v) is 2.31. The molecule has 0 bridgehead atoms. The Labute approximate surface area is 114 Å². The molecule has 0 N–H and O–H groups in total. The van der Waals surface area contributed by atoms with Gasteiger partial charge in [0, 0.05) is 24.7 Å². The lowest BCUT2D eigenvalue weighted by molar-refractivity contribution is 0.0529. The molecule has 1 aliphatic heterocycles. The molecule has 1 aromatic rings. The zero-order chi connectivity index (χ0) is 13.1. The summed E-state index contributed by atoms with van der Waals surface area (Å²) in [5.74, 6) is 1.99. The lowest BCUT2D eigenvalue weighted by Gasteiger charge is -2.32. The van der Waals surface area contributed by atoms with Crippen molar-refractivity contribution in [2.75, 3.05) is 24.6 Å². The quantitative estimate of drug-likeness (QED) is 0.788. The molecule has 100 valence electrons. The fraction of sp³-hybridized carbons (Fsp3) is 0.643. The van der Waals surface area contributed by atoms with Crippen LogP contribution in [0.2, 0.25) is 0 Å². The van der Waals surface area contributed by atoms with Gasteiger partial charge < -0.3 is 9.64 Å². The summed E-state index contributed by atoms with van der Waals surface area (Å²) in [6.07, 6.45) is 0.266. The Morgan fingerprint density at radius 2 is 2.28 bits per heavy atom. The minimum Gasteiger partial charge on any atom is -0.375 e. The standard InChI is InChI=1S/C14H21ClN2O/c1-10(2)13-6-12(8-15)7-14(16-13)17-4-5-18-11(3)9-17/h6-7,10-11H,4-5,8-9H2,1-3H3.